The van der Waals surface area contributed by atoms with Crippen molar-refractivity contribution in [3.63, 3.8) is 0 Å². The molecule has 0 aromatic heterocycles. The number of rotatable bonds is 2. The van der Waals surface area contributed by atoms with Crippen molar-refractivity contribution in [3.05, 3.63) is 57.7 Å². The van der Waals surface area contributed by atoms with E-state index in [0.717, 1.165) is 9.26 Å². The summed E-state index contributed by atoms with van der Waals surface area (Å²) in [5.74, 6) is -0.130. The Balaban J connectivity index is 2.17. The highest BCUT2D eigenvalue weighted by Crippen LogP contribution is 2.18. The van der Waals surface area contributed by atoms with Gasteiger partial charge < -0.3 is 11.1 Å². The molecular formula is C13H11IN2O. The number of halogens is 1. The number of nitrogens with one attached hydrogen (secondary N) is 1. The van der Waals surface area contributed by atoms with Crippen LogP contribution in [0.3, 0.4) is 0 Å². The lowest BCUT2D eigenvalue weighted by molar-refractivity contribution is 0.102. The van der Waals surface area contributed by atoms with Gasteiger partial charge in [0.2, 0.25) is 0 Å². The first-order valence-electron chi connectivity index (χ1n) is 5.08. The number of hydrogen-bond donors (Lipinski definition) is 2. The van der Waals surface area contributed by atoms with Gasteiger partial charge in [0, 0.05) is 14.8 Å². The molecule has 0 saturated carbocycles. The molecule has 3 nitrogen and oxygen atoms in total. The second kappa shape index (κ2) is 5.18. The molecule has 0 aliphatic carbocycles. The normalized spacial score (nSPS) is 9.94. The highest BCUT2D eigenvalue weighted by molar-refractivity contribution is 14.1. The Bertz CT molecular complexity index is 537. The minimum atomic E-state index is -0.130. The molecule has 0 aliphatic rings. The van der Waals surface area contributed by atoms with E-state index in [0.29, 0.717) is 11.3 Å². The van der Waals surface area contributed by atoms with Gasteiger partial charge in [-0.1, -0.05) is 12.1 Å². The van der Waals surface area contributed by atoms with Gasteiger partial charge in [-0.25, -0.2) is 0 Å². The molecule has 0 unspecified atom stereocenters. The largest absolute Gasteiger partial charge is 0.399 e. The topological polar surface area (TPSA) is 55.1 Å². The molecule has 0 spiro atoms. The average Bonchev–Trinajstić information content (AvgIpc) is 2.33. The van der Waals surface area contributed by atoms with Crippen LogP contribution in [0.15, 0.2) is 48.5 Å². The van der Waals surface area contributed by atoms with Crippen LogP contribution in [0.2, 0.25) is 0 Å². The van der Waals surface area contributed by atoms with Crippen molar-refractivity contribution in [3.8, 4) is 0 Å². The summed E-state index contributed by atoms with van der Waals surface area (Å²) in [6.07, 6.45) is 0. The number of hydrogen-bond acceptors (Lipinski definition) is 2. The number of nitrogens with two attached hydrogens (primary N) is 1. The molecule has 3 N–H and O–H groups in total. The molecular weight excluding hydrogens is 327 g/mol. The molecule has 4 heteroatoms. The Kier molecular flexibility index (Phi) is 3.63. The van der Waals surface area contributed by atoms with Gasteiger partial charge in [0.15, 0.2) is 0 Å². The smallest absolute Gasteiger partial charge is 0.255 e. The molecule has 86 valence electrons. The first-order valence-corrected chi connectivity index (χ1v) is 6.16. The van der Waals surface area contributed by atoms with E-state index < -0.39 is 0 Å². The van der Waals surface area contributed by atoms with Crippen LogP contribution in [0.4, 0.5) is 11.4 Å². The molecule has 0 saturated heterocycles. The second-order valence-corrected chi connectivity index (χ2v) is 4.72. The maximum Gasteiger partial charge on any atom is 0.255 e. The van der Waals surface area contributed by atoms with E-state index in [1.807, 2.05) is 24.3 Å². The lowest BCUT2D eigenvalue weighted by Crippen LogP contribution is -2.12. The van der Waals surface area contributed by atoms with E-state index >= 15 is 0 Å². The monoisotopic (exact) mass is 338 g/mol. The highest BCUT2D eigenvalue weighted by Gasteiger charge is 2.07. The fourth-order valence-corrected chi connectivity index (χ4v) is 1.91. The van der Waals surface area contributed by atoms with Crippen LogP contribution < -0.4 is 11.1 Å². The summed E-state index contributed by atoms with van der Waals surface area (Å²) >= 11 is 2.18. The molecule has 2 aromatic carbocycles. The van der Waals surface area contributed by atoms with Crippen molar-refractivity contribution < 1.29 is 4.79 Å². The predicted molar refractivity (Wildman–Crippen MR) is 78.0 cm³/mol. The van der Waals surface area contributed by atoms with Crippen molar-refractivity contribution in [2.24, 2.45) is 0 Å². The van der Waals surface area contributed by atoms with Crippen LogP contribution in [-0.2, 0) is 0 Å². The third-order valence-electron chi connectivity index (χ3n) is 2.29. The SMILES string of the molecule is Nc1ccc(C(=O)Nc2ccccc2I)cc1. The number of anilines is 2. The van der Waals surface area contributed by atoms with E-state index in [9.17, 15) is 4.79 Å². The molecule has 0 heterocycles. The maximum absolute atomic E-state index is 11.9. The lowest BCUT2D eigenvalue weighted by Gasteiger charge is -2.07. The van der Waals surface area contributed by atoms with Crippen LogP contribution >= 0.6 is 22.6 Å². The zero-order chi connectivity index (χ0) is 12.3. The van der Waals surface area contributed by atoms with Crippen molar-refractivity contribution in [2.45, 2.75) is 0 Å². The Hall–Kier alpha value is -1.56. The van der Waals surface area contributed by atoms with Gasteiger partial charge in [-0.15, -0.1) is 0 Å². The van der Waals surface area contributed by atoms with Gasteiger partial charge >= 0.3 is 0 Å². The predicted octanol–water partition coefficient (Wildman–Crippen LogP) is 3.13. The summed E-state index contributed by atoms with van der Waals surface area (Å²) in [4.78, 5) is 11.9. The standard InChI is InChI=1S/C13H11IN2O/c14-11-3-1-2-4-12(11)16-13(17)9-5-7-10(15)8-6-9/h1-8H,15H2,(H,16,17). The maximum atomic E-state index is 11.9. The molecule has 17 heavy (non-hydrogen) atoms. The van der Waals surface area contributed by atoms with E-state index in [4.69, 9.17) is 5.73 Å². The Labute approximate surface area is 113 Å². The van der Waals surface area contributed by atoms with E-state index in [2.05, 4.69) is 27.9 Å². The highest BCUT2D eigenvalue weighted by atomic mass is 127. The van der Waals surface area contributed by atoms with Crippen molar-refractivity contribution in [2.75, 3.05) is 11.1 Å². The quantitative estimate of drug-likeness (QED) is 0.653. The summed E-state index contributed by atoms with van der Waals surface area (Å²) in [6.45, 7) is 0. The van der Waals surface area contributed by atoms with Gasteiger partial charge in [-0.3, -0.25) is 4.79 Å². The van der Waals surface area contributed by atoms with E-state index in [-0.39, 0.29) is 5.91 Å². The Morgan fingerprint density at radius 1 is 1.06 bits per heavy atom. The summed E-state index contributed by atoms with van der Waals surface area (Å²) in [7, 11) is 0. The van der Waals surface area contributed by atoms with Crippen LogP contribution in [0.25, 0.3) is 0 Å². The third kappa shape index (κ3) is 2.97. The summed E-state index contributed by atoms with van der Waals surface area (Å²) in [5.41, 5.74) is 7.63. The molecule has 0 bridgehead atoms. The zero-order valence-electron chi connectivity index (χ0n) is 8.98. The molecule has 0 radical (unpaired) electrons. The van der Waals surface area contributed by atoms with E-state index in [1.165, 1.54) is 0 Å². The van der Waals surface area contributed by atoms with Gasteiger partial charge in [0.25, 0.3) is 5.91 Å². The van der Waals surface area contributed by atoms with Crippen LogP contribution in [-0.4, -0.2) is 5.91 Å². The minimum Gasteiger partial charge on any atom is -0.399 e. The van der Waals surface area contributed by atoms with Crippen LogP contribution in [0.5, 0.6) is 0 Å². The minimum absolute atomic E-state index is 0.130. The van der Waals surface area contributed by atoms with Gasteiger partial charge in [0.1, 0.15) is 0 Å². The van der Waals surface area contributed by atoms with Gasteiger partial charge in [0.05, 0.1) is 5.69 Å². The Morgan fingerprint density at radius 2 is 1.71 bits per heavy atom. The van der Waals surface area contributed by atoms with Crippen molar-refractivity contribution in [1.82, 2.24) is 0 Å². The number of carbonyl (C=O) groups is 1. The van der Waals surface area contributed by atoms with Crippen molar-refractivity contribution in [1.29, 1.82) is 0 Å². The first-order chi connectivity index (χ1) is 8.16. The number of amides is 1. The summed E-state index contributed by atoms with van der Waals surface area (Å²) in [5, 5.41) is 2.86. The Morgan fingerprint density at radius 3 is 2.35 bits per heavy atom. The molecule has 0 aliphatic heterocycles. The molecule has 2 rings (SSSR count). The lowest BCUT2D eigenvalue weighted by atomic mass is 10.2. The van der Waals surface area contributed by atoms with Gasteiger partial charge in [-0.05, 0) is 59.0 Å². The molecule has 2 aromatic rings. The van der Waals surface area contributed by atoms with Crippen molar-refractivity contribution >= 4 is 39.9 Å². The number of carbonyl (C=O) groups excluding carboxylic acids is 1. The summed E-state index contributed by atoms with van der Waals surface area (Å²) in [6, 6.07) is 14.5. The molecule has 1 amide bonds. The number of benzene rings is 2. The third-order valence-corrected chi connectivity index (χ3v) is 3.24. The fourth-order valence-electron chi connectivity index (χ4n) is 1.39. The number of para-hydroxylation sites is 1. The summed E-state index contributed by atoms with van der Waals surface area (Å²) < 4.78 is 1.01. The second-order valence-electron chi connectivity index (χ2n) is 3.56. The van der Waals surface area contributed by atoms with Crippen LogP contribution in [0, 0.1) is 3.57 Å². The zero-order valence-corrected chi connectivity index (χ0v) is 11.1. The fraction of sp³-hybridized carbons (Fsp3) is 0. The average molecular weight is 338 g/mol. The van der Waals surface area contributed by atoms with E-state index in [1.54, 1.807) is 24.3 Å². The van der Waals surface area contributed by atoms with Crippen LogP contribution in [0.1, 0.15) is 10.4 Å². The molecule has 0 atom stereocenters. The molecule has 0 fully saturated rings. The van der Waals surface area contributed by atoms with Gasteiger partial charge in [-0.2, -0.15) is 0 Å². The first kappa shape index (κ1) is 11.9. The number of nitrogen functional groups attached to an aromatic ring is 1.